The minimum Gasteiger partial charge on any atom is -0.322 e. The summed E-state index contributed by atoms with van der Waals surface area (Å²) in [5, 5.41) is 3.17. The minimum absolute atomic E-state index is 0. The molecular formula is C5H16ClNSi. The van der Waals surface area contributed by atoms with Gasteiger partial charge in [-0.2, -0.15) is 0 Å². The van der Waals surface area contributed by atoms with Crippen molar-refractivity contribution in [3.63, 3.8) is 0 Å². The number of halogens is 1. The average Bonchev–Trinajstić information content (AvgIpc) is 1.30. The van der Waals surface area contributed by atoms with E-state index in [-0.39, 0.29) is 12.4 Å². The molecule has 0 aromatic heterocycles. The van der Waals surface area contributed by atoms with Gasteiger partial charge in [-0.25, -0.2) is 0 Å². The van der Waals surface area contributed by atoms with Crippen molar-refractivity contribution in [1.29, 1.82) is 0 Å². The number of nitrogens with one attached hydrogen (secondary N) is 1. The van der Waals surface area contributed by atoms with Crippen LogP contribution in [0, 0.1) is 0 Å². The molecule has 0 aliphatic carbocycles. The van der Waals surface area contributed by atoms with Crippen molar-refractivity contribution in [3.05, 3.63) is 0 Å². The van der Waals surface area contributed by atoms with Crippen LogP contribution in [0.3, 0.4) is 0 Å². The molecule has 0 saturated carbocycles. The number of hydrogen-bond donors (Lipinski definition) is 1. The average molecular weight is 154 g/mol. The van der Waals surface area contributed by atoms with Crippen molar-refractivity contribution < 1.29 is 0 Å². The Balaban J connectivity index is 0. The van der Waals surface area contributed by atoms with Gasteiger partial charge >= 0.3 is 0 Å². The molecule has 52 valence electrons. The van der Waals surface area contributed by atoms with Gasteiger partial charge in [-0.1, -0.05) is 19.6 Å². The summed E-state index contributed by atoms with van der Waals surface area (Å²) in [6, 6.07) is 0. The summed E-state index contributed by atoms with van der Waals surface area (Å²) in [7, 11) is 1.24. The van der Waals surface area contributed by atoms with Crippen LogP contribution in [0.5, 0.6) is 0 Å². The van der Waals surface area contributed by atoms with Crippen LogP contribution in [-0.2, 0) is 0 Å². The third kappa shape index (κ3) is 9.69. The van der Waals surface area contributed by atoms with Crippen LogP contribution in [-0.4, -0.2) is 21.3 Å². The topological polar surface area (TPSA) is 12.0 Å². The molecule has 1 N–H and O–H groups in total. The third-order valence-corrected chi connectivity index (χ3v) is 2.12. The lowest BCUT2D eigenvalue weighted by Gasteiger charge is -2.13. The first-order valence-corrected chi connectivity index (χ1v) is 6.41. The third-order valence-electron chi connectivity index (χ3n) is 0.707. The van der Waals surface area contributed by atoms with E-state index < -0.39 is 8.07 Å². The van der Waals surface area contributed by atoms with Crippen LogP contribution in [0.25, 0.3) is 0 Å². The van der Waals surface area contributed by atoms with E-state index in [9.17, 15) is 0 Å². The predicted octanol–water partition coefficient (Wildman–Crippen LogP) is 1.50. The van der Waals surface area contributed by atoms with Gasteiger partial charge in [0.05, 0.1) is 8.07 Å². The van der Waals surface area contributed by atoms with E-state index >= 15 is 0 Å². The maximum atomic E-state index is 3.17. The van der Waals surface area contributed by atoms with Crippen LogP contribution < -0.4 is 5.32 Å². The summed E-state index contributed by atoms with van der Waals surface area (Å²) in [6.07, 6.45) is 1.23. The molecule has 3 heteroatoms. The van der Waals surface area contributed by atoms with E-state index in [0.29, 0.717) is 0 Å². The van der Waals surface area contributed by atoms with E-state index in [1.807, 2.05) is 7.05 Å². The van der Waals surface area contributed by atoms with E-state index in [1.54, 1.807) is 0 Å². The fourth-order valence-corrected chi connectivity index (χ4v) is 1.59. The molecule has 0 radical (unpaired) electrons. The fourth-order valence-electron chi connectivity index (χ4n) is 0.530. The van der Waals surface area contributed by atoms with Gasteiger partial charge in [0.15, 0.2) is 0 Å². The SMILES string of the molecule is CNC[Si](C)(C)C.Cl. The minimum atomic E-state index is -0.768. The zero-order valence-electron chi connectivity index (χ0n) is 6.12. The van der Waals surface area contributed by atoms with Crippen LogP contribution >= 0.6 is 12.4 Å². The normalized spacial score (nSPS) is 10.5. The second-order valence-electron chi connectivity index (χ2n) is 3.09. The highest BCUT2D eigenvalue weighted by Gasteiger charge is 2.09. The molecular weight excluding hydrogens is 138 g/mol. The summed E-state index contributed by atoms with van der Waals surface area (Å²) in [4.78, 5) is 0. The molecule has 0 atom stereocenters. The fraction of sp³-hybridized carbons (Fsp3) is 1.00. The molecule has 1 nitrogen and oxygen atoms in total. The molecule has 0 unspecified atom stereocenters. The smallest absolute Gasteiger partial charge is 0.0595 e. The first-order valence-electron chi connectivity index (χ1n) is 2.71. The Morgan fingerprint density at radius 3 is 1.62 bits per heavy atom. The Labute approximate surface area is 59.3 Å². The molecule has 0 heterocycles. The van der Waals surface area contributed by atoms with E-state index in [0.717, 1.165) is 0 Å². The van der Waals surface area contributed by atoms with Gasteiger partial charge in [-0.15, -0.1) is 12.4 Å². The zero-order valence-corrected chi connectivity index (χ0v) is 7.93. The van der Waals surface area contributed by atoms with Crippen LogP contribution in [0.1, 0.15) is 0 Å². The first-order chi connectivity index (χ1) is 3.06. The van der Waals surface area contributed by atoms with Crippen LogP contribution in [0.4, 0.5) is 0 Å². The highest BCUT2D eigenvalue weighted by molar-refractivity contribution is 6.76. The Hall–Kier alpha value is 0.467. The van der Waals surface area contributed by atoms with Gasteiger partial charge < -0.3 is 5.32 Å². The van der Waals surface area contributed by atoms with Gasteiger partial charge in [-0.05, 0) is 13.2 Å². The lowest BCUT2D eigenvalue weighted by molar-refractivity contribution is 0.946. The van der Waals surface area contributed by atoms with Crippen molar-refractivity contribution in [1.82, 2.24) is 5.32 Å². The summed E-state index contributed by atoms with van der Waals surface area (Å²) in [5.41, 5.74) is 0. The van der Waals surface area contributed by atoms with Crippen LogP contribution in [0.15, 0.2) is 0 Å². The summed E-state index contributed by atoms with van der Waals surface area (Å²) in [6.45, 7) is 7.05. The van der Waals surface area contributed by atoms with Crippen molar-refractivity contribution >= 4 is 20.5 Å². The molecule has 0 bridgehead atoms. The molecule has 0 spiro atoms. The molecule has 0 rings (SSSR count). The highest BCUT2D eigenvalue weighted by Crippen LogP contribution is 1.95. The van der Waals surface area contributed by atoms with Gasteiger partial charge in [-0.3, -0.25) is 0 Å². The van der Waals surface area contributed by atoms with E-state index in [4.69, 9.17) is 0 Å². The second kappa shape index (κ2) is 4.36. The highest BCUT2D eigenvalue weighted by atomic mass is 35.5. The van der Waals surface area contributed by atoms with Gasteiger partial charge in [0.25, 0.3) is 0 Å². The Kier molecular flexibility index (Phi) is 6.15. The lowest BCUT2D eigenvalue weighted by Crippen LogP contribution is -2.34. The summed E-state index contributed by atoms with van der Waals surface area (Å²) in [5.74, 6) is 0. The molecule has 0 aromatic carbocycles. The molecule has 0 fully saturated rings. The van der Waals surface area contributed by atoms with E-state index in [1.165, 1.54) is 6.17 Å². The van der Waals surface area contributed by atoms with Crippen molar-refractivity contribution in [2.75, 3.05) is 13.2 Å². The Morgan fingerprint density at radius 1 is 1.25 bits per heavy atom. The lowest BCUT2D eigenvalue weighted by atomic mass is 11.2. The number of hydrogen-bond acceptors (Lipinski definition) is 1. The molecule has 0 aromatic rings. The monoisotopic (exact) mass is 153 g/mol. The largest absolute Gasteiger partial charge is 0.322 e. The maximum absolute atomic E-state index is 3.17. The summed E-state index contributed by atoms with van der Waals surface area (Å²) >= 11 is 0. The van der Waals surface area contributed by atoms with Crippen LogP contribution in [0.2, 0.25) is 19.6 Å². The standard InChI is InChI=1S/C5H15NSi.ClH/c1-6-5-7(2,3)4;/h6H,5H2,1-4H3;1H. The van der Waals surface area contributed by atoms with E-state index in [2.05, 4.69) is 25.0 Å². The predicted molar refractivity (Wildman–Crippen MR) is 44.5 cm³/mol. The Morgan fingerprint density at radius 2 is 1.62 bits per heavy atom. The Bertz CT molecular complexity index is 50.9. The van der Waals surface area contributed by atoms with Gasteiger partial charge in [0.1, 0.15) is 0 Å². The zero-order chi connectivity index (χ0) is 5.91. The summed E-state index contributed by atoms with van der Waals surface area (Å²) < 4.78 is 0. The van der Waals surface area contributed by atoms with Crippen molar-refractivity contribution in [3.8, 4) is 0 Å². The number of rotatable bonds is 2. The first kappa shape index (κ1) is 11.3. The molecule has 0 aliphatic heterocycles. The van der Waals surface area contributed by atoms with Crippen molar-refractivity contribution in [2.45, 2.75) is 19.6 Å². The quantitative estimate of drug-likeness (QED) is 0.594. The second-order valence-corrected chi connectivity index (χ2v) is 8.57. The maximum Gasteiger partial charge on any atom is 0.0595 e. The van der Waals surface area contributed by atoms with Crippen molar-refractivity contribution in [2.24, 2.45) is 0 Å². The molecule has 0 amide bonds. The molecule has 8 heavy (non-hydrogen) atoms. The van der Waals surface area contributed by atoms with Gasteiger partial charge in [0, 0.05) is 0 Å². The van der Waals surface area contributed by atoms with Gasteiger partial charge in [0.2, 0.25) is 0 Å². The molecule has 0 saturated heterocycles. The molecule has 0 aliphatic rings.